The first kappa shape index (κ1) is 16.3. The van der Waals surface area contributed by atoms with Crippen molar-refractivity contribution in [3.8, 4) is 0 Å². The van der Waals surface area contributed by atoms with Gasteiger partial charge in [0.1, 0.15) is 0 Å². The molecule has 1 saturated heterocycles. The Kier molecular flexibility index (Phi) is 5.87. The number of rotatable bonds is 6. The highest BCUT2D eigenvalue weighted by atomic mass is 15.2. The van der Waals surface area contributed by atoms with E-state index in [2.05, 4.69) is 72.5 Å². The SMILES string of the molecule is CCCC(c1ccccc1)N1CCCCC1Cc1ccccc1. The minimum Gasteiger partial charge on any atom is -0.293 e. The highest BCUT2D eigenvalue weighted by Gasteiger charge is 2.29. The molecule has 0 amide bonds. The van der Waals surface area contributed by atoms with Gasteiger partial charge in [0, 0.05) is 12.1 Å². The summed E-state index contributed by atoms with van der Waals surface area (Å²) in [5, 5.41) is 0. The van der Waals surface area contributed by atoms with Crippen LogP contribution in [-0.4, -0.2) is 17.5 Å². The summed E-state index contributed by atoms with van der Waals surface area (Å²) in [7, 11) is 0. The van der Waals surface area contributed by atoms with Crippen LogP contribution in [0.4, 0.5) is 0 Å². The van der Waals surface area contributed by atoms with Crippen molar-refractivity contribution >= 4 is 0 Å². The van der Waals surface area contributed by atoms with Crippen molar-refractivity contribution in [2.45, 2.75) is 57.5 Å². The van der Waals surface area contributed by atoms with E-state index >= 15 is 0 Å². The maximum absolute atomic E-state index is 2.80. The van der Waals surface area contributed by atoms with Gasteiger partial charge >= 0.3 is 0 Å². The van der Waals surface area contributed by atoms with Crippen LogP contribution in [0.15, 0.2) is 60.7 Å². The second kappa shape index (κ2) is 8.31. The molecule has 0 N–H and O–H groups in total. The first-order chi connectivity index (χ1) is 11.4. The lowest BCUT2D eigenvalue weighted by molar-refractivity contribution is 0.0881. The van der Waals surface area contributed by atoms with E-state index in [0.717, 1.165) is 0 Å². The van der Waals surface area contributed by atoms with E-state index in [1.54, 1.807) is 0 Å². The van der Waals surface area contributed by atoms with Gasteiger partial charge in [0.05, 0.1) is 0 Å². The zero-order valence-corrected chi connectivity index (χ0v) is 14.3. The molecule has 1 heteroatoms. The Bertz CT molecular complexity index is 563. The third-order valence-electron chi connectivity index (χ3n) is 5.13. The first-order valence-electron chi connectivity index (χ1n) is 9.23. The van der Waals surface area contributed by atoms with Gasteiger partial charge in [-0.15, -0.1) is 0 Å². The summed E-state index contributed by atoms with van der Waals surface area (Å²) in [6.45, 7) is 3.56. The van der Waals surface area contributed by atoms with Crippen LogP contribution in [-0.2, 0) is 6.42 Å². The lowest BCUT2D eigenvalue weighted by Gasteiger charge is -2.42. The maximum Gasteiger partial charge on any atom is 0.0351 e. The molecule has 1 nitrogen and oxygen atoms in total. The van der Waals surface area contributed by atoms with Gasteiger partial charge in [-0.25, -0.2) is 0 Å². The molecule has 1 heterocycles. The molecule has 122 valence electrons. The summed E-state index contributed by atoms with van der Waals surface area (Å²) >= 11 is 0. The van der Waals surface area contributed by atoms with Gasteiger partial charge in [-0.2, -0.15) is 0 Å². The number of likely N-dealkylation sites (tertiary alicyclic amines) is 1. The molecule has 0 aliphatic carbocycles. The van der Waals surface area contributed by atoms with Gasteiger partial charge < -0.3 is 0 Å². The van der Waals surface area contributed by atoms with Gasteiger partial charge in [-0.05, 0) is 43.4 Å². The van der Waals surface area contributed by atoms with E-state index in [9.17, 15) is 0 Å². The predicted molar refractivity (Wildman–Crippen MR) is 98.6 cm³/mol. The number of piperidine rings is 1. The summed E-state index contributed by atoms with van der Waals surface area (Å²) in [5.74, 6) is 0. The fourth-order valence-electron chi connectivity index (χ4n) is 4.01. The monoisotopic (exact) mass is 307 g/mol. The smallest absolute Gasteiger partial charge is 0.0351 e. The fraction of sp³-hybridized carbons (Fsp3) is 0.455. The topological polar surface area (TPSA) is 3.24 Å². The van der Waals surface area contributed by atoms with E-state index in [-0.39, 0.29) is 0 Å². The van der Waals surface area contributed by atoms with Crippen molar-refractivity contribution in [3.05, 3.63) is 71.8 Å². The van der Waals surface area contributed by atoms with Crippen molar-refractivity contribution in [2.24, 2.45) is 0 Å². The molecule has 3 rings (SSSR count). The Labute approximate surface area is 141 Å². The van der Waals surface area contributed by atoms with Crippen molar-refractivity contribution < 1.29 is 0 Å². The fourth-order valence-corrected chi connectivity index (χ4v) is 4.01. The molecule has 0 saturated carbocycles. The molecule has 0 radical (unpaired) electrons. The summed E-state index contributed by atoms with van der Waals surface area (Å²) in [5.41, 5.74) is 2.97. The average molecular weight is 307 g/mol. The molecule has 0 aromatic heterocycles. The molecule has 0 bridgehead atoms. The number of hydrogen-bond donors (Lipinski definition) is 0. The number of nitrogens with zero attached hydrogens (tertiary/aromatic N) is 1. The normalized spacial score (nSPS) is 20.3. The van der Waals surface area contributed by atoms with Crippen LogP contribution in [0.2, 0.25) is 0 Å². The van der Waals surface area contributed by atoms with E-state index in [1.165, 1.54) is 56.2 Å². The minimum atomic E-state index is 0.579. The lowest BCUT2D eigenvalue weighted by atomic mass is 9.90. The summed E-state index contributed by atoms with van der Waals surface area (Å²) < 4.78 is 0. The van der Waals surface area contributed by atoms with Crippen molar-refractivity contribution in [1.82, 2.24) is 4.90 Å². The molecule has 2 aromatic rings. The Morgan fingerprint density at radius 3 is 2.35 bits per heavy atom. The summed E-state index contributed by atoms with van der Waals surface area (Å²) in [4.78, 5) is 2.80. The molecule has 2 atom stereocenters. The Balaban J connectivity index is 1.80. The largest absolute Gasteiger partial charge is 0.293 e. The van der Waals surface area contributed by atoms with Crippen molar-refractivity contribution in [1.29, 1.82) is 0 Å². The zero-order valence-electron chi connectivity index (χ0n) is 14.3. The molecular formula is C22H29N. The quantitative estimate of drug-likeness (QED) is 0.669. The van der Waals surface area contributed by atoms with E-state index in [0.29, 0.717) is 12.1 Å². The van der Waals surface area contributed by atoms with Gasteiger partial charge in [-0.1, -0.05) is 80.4 Å². The standard InChI is InChI=1S/C22H29N/c1-2-11-22(20-14-7-4-8-15-20)23-17-10-9-16-21(23)18-19-12-5-3-6-13-19/h3-8,12-15,21-22H,2,9-11,16-18H2,1H3. The number of hydrogen-bond acceptors (Lipinski definition) is 1. The highest BCUT2D eigenvalue weighted by molar-refractivity contribution is 5.21. The first-order valence-corrected chi connectivity index (χ1v) is 9.23. The van der Waals surface area contributed by atoms with Gasteiger partial charge in [-0.3, -0.25) is 4.90 Å². The predicted octanol–water partition coefficient (Wildman–Crippen LogP) is 5.63. The highest BCUT2D eigenvalue weighted by Crippen LogP contribution is 2.33. The van der Waals surface area contributed by atoms with Crippen LogP contribution in [0, 0.1) is 0 Å². The van der Waals surface area contributed by atoms with Gasteiger partial charge in [0.2, 0.25) is 0 Å². The van der Waals surface area contributed by atoms with Crippen LogP contribution in [0.3, 0.4) is 0 Å². The molecule has 2 aromatic carbocycles. The maximum atomic E-state index is 2.80. The van der Waals surface area contributed by atoms with E-state index in [4.69, 9.17) is 0 Å². The van der Waals surface area contributed by atoms with Crippen molar-refractivity contribution in [2.75, 3.05) is 6.54 Å². The van der Waals surface area contributed by atoms with Crippen LogP contribution in [0.1, 0.15) is 56.2 Å². The average Bonchev–Trinajstić information content (AvgIpc) is 2.62. The number of benzene rings is 2. The second-order valence-corrected chi connectivity index (χ2v) is 6.79. The van der Waals surface area contributed by atoms with Crippen LogP contribution >= 0.6 is 0 Å². The third kappa shape index (κ3) is 4.23. The molecule has 1 aliphatic rings. The van der Waals surface area contributed by atoms with Crippen LogP contribution in [0.25, 0.3) is 0 Å². The van der Waals surface area contributed by atoms with Crippen LogP contribution in [0.5, 0.6) is 0 Å². The minimum absolute atomic E-state index is 0.579. The Hall–Kier alpha value is -1.60. The van der Waals surface area contributed by atoms with Gasteiger partial charge in [0.15, 0.2) is 0 Å². The Morgan fingerprint density at radius 1 is 0.957 bits per heavy atom. The molecule has 1 fully saturated rings. The zero-order chi connectivity index (χ0) is 15.9. The van der Waals surface area contributed by atoms with E-state index in [1.807, 2.05) is 0 Å². The lowest BCUT2D eigenvalue weighted by Crippen LogP contribution is -2.43. The molecule has 1 aliphatic heterocycles. The second-order valence-electron chi connectivity index (χ2n) is 6.79. The van der Waals surface area contributed by atoms with Crippen molar-refractivity contribution in [3.63, 3.8) is 0 Å². The van der Waals surface area contributed by atoms with Gasteiger partial charge in [0.25, 0.3) is 0 Å². The van der Waals surface area contributed by atoms with E-state index < -0.39 is 0 Å². The Morgan fingerprint density at radius 2 is 1.65 bits per heavy atom. The summed E-state index contributed by atoms with van der Waals surface area (Å²) in [6, 6.07) is 23.4. The van der Waals surface area contributed by atoms with Crippen LogP contribution < -0.4 is 0 Å². The third-order valence-corrected chi connectivity index (χ3v) is 5.13. The molecular weight excluding hydrogens is 278 g/mol. The molecule has 2 unspecified atom stereocenters. The molecule has 23 heavy (non-hydrogen) atoms. The molecule has 0 spiro atoms. The summed E-state index contributed by atoms with van der Waals surface area (Å²) in [6.07, 6.45) is 7.75.